The van der Waals surface area contributed by atoms with Gasteiger partial charge in [-0.2, -0.15) is 12.6 Å². The van der Waals surface area contributed by atoms with Gasteiger partial charge in [0.1, 0.15) is 11.5 Å². The molecule has 14 heavy (non-hydrogen) atoms. The van der Waals surface area contributed by atoms with Gasteiger partial charge in [-0.3, -0.25) is 0 Å². The Hall–Kier alpha value is -0.830. The average Bonchev–Trinajstić information content (AvgIpc) is 2.21. The van der Waals surface area contributed by atoms with Crippen molar-refractivity contribution >= 4 is 12.6 Å². The Kier molecular flexibility index (Phi) is 3.69. The monoisotopic (exact) mass is 212 g/mol. The fourth-order valence-corrected chi connectivity index (χ4v) is 1.78. The molecule has 0 saturated heterocycles. The van der Waals surface area contributed by atoms with Crippen LogP contribution in [0.5, 0.6) is 11.5 Å². The van der Waals surface area contributed by atoms with Gasteiger partial charge in [0.15, 0.2) is 0 Å². The van der Waals surface area contributed by atoms with Gasteiger partial charge in [-0.1, -0.05) is 0 Å². The molecule has 1 rings (SSSR count). The molecule has 1 aromatic rings. The smallest absolute Gasteiger partial charge is 0.126 e. The molecule has 0 fully saturated rings. The molecule has 78 valence electrons. The first kappa shape index (κ1) is 11.2. The maximum Gasteiger partial charge on any atom is 0.126 e. The lowest BCUT2D eigenvalue weighted by Gasteiger charge is -2.15. The first-order valence-electron chi connectivity index (χ1n) is 4.47. The van der Waals surface area contributed by atoms with Gasteiger partial charge < -0.3 is 9.47 Å². The molecule has 1 aromatic carbocycles. The fraction of sp³-hybridized carbons (Fsp3) is 0.455. The minimum absolute atomic E-state index is 0.653. The molecule has 0 aliphatic heterocycles. The van der Waals surface area contributed by atoms with E-state index >= 15 is 0 Å². The van der Waals surface area contributed by atoms with Gasteiger partial charge >= 0.3 is 0 Å². The zero-order valence-corrected chi connectivity index (χ0v) is 9.94. The lowest BCUT2D eigenvalue weighted by atomic mass is 10.0. The molecule has 0 amide bonds. The highest BCUT2D eigenvalue weighted by molar-refractivity contribution is 7.79. The number of hydrogen-bond acceptors (Lipinski definition) is 3. The van der Waals surface area contributed by atoms with Crippen LogP contribution < -0.4 is 9.47 Å². The van der Waals surface area contributed by atoms with Gasteiger partial charge in [0.25, 0.3) is 0 Å². The summed E-state index contributed by atoms with van der Waals surface area (Å²) >= 11 is 4.27. The molecule has 0 aromatic heterocycles. The highest BCUT2D eigenvalue weighted by Crippen LogP contribution is 2.33. The van der Waals surface area contributed by atoms with Crippen LogP contribution in [0.3, 0.4) is 0 Å². The number of ether oxygens (including phenoxy) is 2. The van der Waals surface area contributed by atoms with E-state index in [2.05, 4.69) is 12.6 Å². The third-order valence-corrected chi connectivity index (χ3v) is 2.80. The highest BCUT2D eigenvalue weighted by atomic mass is 32.1. The molecule has 0 heterocycles. The Labute approximate surface area is 90.6 Å². The Balaban J connectivity index is 3.38. The van der Waals surface area contributed by atoms with Gasteiger partial charge in [0.2, 0.25) is 0 Å². The molecular weight excluding hydrogens is 196 g/mol. The molecule has 0 N–H and O–H groups in total. The molecule has 0 atom stereocenters. The number of thiol groups is 1. The maximum absolute atomic E-state index is 5.34. The van der Waals surface area contributed by atoms with Crippen LogP contribution in [0.1, 0.15) is 16.7 Å². The Bertz CT molecular complexity index is 335. The first-order valence-corrected chi connectivity index (χ1v) is 5.10. The van der Waals surface area contributed by atoms with E-state index < -0.39 is 0 Å². The standard InChI is InChI=1S/C11H16O2S/c1-7-8(2)11(13-4)9(6-14)5-10(7)12-3/h5,14H,6H2,1-4H3. The van der Waals surface area contributed by atoms with Crippen LogP contribution in [0.15, 0.2) is 6.07 Å². The molecule has 0 aliphatic carbocycles. The van der Waals surface area contributed by atoms with Crippen molar-refractivity contribution in [2.45, 2.75) is 19.6 Å². The topological polar surface area (TPSA) is 18.5 Å². The van der Waals surface area contributed by atoms with Crippen molar-refractivity contribution in [3.05, 3.63) is 22.8 Å². The minimum atomic E-state index is 0.653. The van der Waals surface area contributed by atoms with E-state index in [-0.39, 0.29) is 0 Å². The average molecular weight is 212 g/mol. The van der Waals surface area contributed by atoms with Crippen LogP contribution >= 0.6 is 12.6 Å². The Morgan fingerprint density at radius 1 is 1.14 bits per heavy atom. The second kappa shape index (κ2) is 4.60. The predicted octanol–water partition coefficient (Wildman–Crippen LogP) is 2.75. The second-order valence-corrected chi connectivity index (χ2v) is 3.50. The summed E-state index contributed by atoms with van der Waals surface area (Å²) in [6, 6.07) is 1.98. The van der Waals surface area contributed by atoms with E-state index in [1.54, 1.807) is 14.2 Å². The van der Waals surface area contributed by atoms with Crippen molar-refractivity contribution in [1.29, 1.82) is 0 Å². The van der Waals surface area contributed by atoms with E-state index in [1.165, 1.54) is 0 Å². The number of benzene rings is 1. The molecule has 0 bridgehead atoms. The summed E-state index contributed by atoms with van der Waals surface area (Å²) < 4.78 is 10.6. The van der Waals surface area contributed by atoms with Crippen LogP contribution in [0.2, 0.25) is 0 Å². The molecule has 3 heteroatoms. The van der Waals surface area contributed by atoms with E-state index in [0.717, 1.165) is 28.2 Å². The van der Waals surface area contributed by atoms with Crippen LogP contribution in [0.25, 0.3) is 0 Å². The third kappa shape index (κ3) is 1.82. The van der Waals surface area contributed by atoms with Crippen LogP contribution in [0, 0.1) is 13.8 Å². The van der Waals surface area contributed by atoms with Crippen molar-refractivity contribution in [1.82, 2.24) is 0 Å². The van der Waals surface area contributed by atoms with Crippen molar-refractivity contribution < 1.29 is 9.47 Å². The van der Waals surface area contributed by atoms with E-state index in [4.69, 9.17) is 9.47 Å². The van der Waals surface area contributed by atoms with Gasteiger partial charge in [-0.25, -0.2) is 0 Å². The summed E-state index contributed by atoms with van der Waals surface area (Å²) in [7, 11) is 3.36. The number of hydrogen-bond donors (Lipinski definition) is 1. The summed E-state index contributed by atoms with van der Waals surface area (Å²) in [5.41, 5.74) is 3.31. The van der Waals surface area contributed by atoms with Crippen molar-refractivity contribution in [3.8, 4) is 11.5 Å². The molecule has 0 unspecified atom stereocenters. The van der Waals surface area contributed by atoms with E-state index in [0.29, 0.717) is 5.75 Å². The number of methoxy groups -OCH3 is 2. The summed E-state index contributed by atoms with van der Waals surface area (Å²) in [5.74, 6) is 2.46. The normalized spacial score (nSPS) is 10.1. The van der Waals surface area contributed by atoms with Gasteiger partial charge in [-0.15, -0.1) is 0 Å². The lowest BCUT2D eigenvalue weighted by Crippen LogP contribution is -1.98. The quantitative estimate of drug-likeness (QED) is 0.777. The second-order valence-electron chi connectivity index (χ2n) is 3.18. The molecule has 0 saturated carbocycles. The molecule has 2 nitrogen and oxygen atoms in total. The Morgan fingerprint density at radius 2 is 1.79 bits per heavy atom. The fourth-order valence-electron chi connectivity index (χ4n) is 1.54. The number of rotatable bonds is 3. The van der Waals surface area contributed by atoms with Crippen LogP contribution in [-0.4, -0.2) is 14.2 Å². The van der Waals surface area contributed by atoms with Gasteiger partial charge in [0.05, 0.1) is 14.2 Å². The lowest BCUT2D eigenvalue weighted by molar-refractivity contribution is 0.395. The predicted molar refractivity (Wildman–Crippen MR) is 61.7 cm³/mol. The summed E-state index contributed by atoms with van der Waals surface area (Å²) in [5, 5.41) is 0. The van der Waals surface area contributed by atoms with E-state index in [9.17, 15) is 0 Å². The minimum Gasteiger partial charge on any atom is -0.496 e. The first-order chi connectivity index (χ1) is 6.65. The third-order valence-electron chi connectivity index (χ3n) is 2.46. The summed E-state index contributed by atoms with van der Waals surface area (Å²) in [4.78, 5) is 0. The largest absolute Gasteiger partial charge is 0.496 e. The summed E-state index contributed by atoms with van der Waals surface area (Å²) in [6.07, 6.45) is 0. The zero-order chi connectivity index (χ0) is 10.7. The van der Waals surface area contributed by atoms with Crippen molar-refractivity contribution in [3.63, 3.8) is 0 Å². The highest BCUT2D eigenvalue weighted by Gasteiger charge is 2.12. The van der Waals surface area contributed by atoms with Crippen LogP contribution in [0.4, 0.5) is 0 Å². The van der Waals surface area contributed by atoms with Gasteiger partial charge in [-0.05, 0) is 31.0 Å². The Morgan fingerprint density at radius 3 is 2.21 bits per heavy atom. The molecule has 0 aliphatic rings. The molecule has 0 radical (unpaired) electrons. The van der Waals surface area contributed by atoms with E-state index in [1.807, 2.05) is 19.9 Å². The zero-order valence-electron chi connectivity index (χ0n) is 9.05. The molecular formula is C11H16O2S. The van der Waals surface area contributed by atoms with Crippen LogP contribution in [-0.2, 0) is 5.75 Å². The maximum atomic E-state index is 5.34. The molecule has 0 spiro atoms. The SMILES string of the molecule is COc1cc(CS)c(OC)c(C)c1C. The van der Waals surface area contributed by atoms with Crippen molar-refractivity contribution in [2.75, 3.05) is 14.2 Å². The van der Waals surface area contributed by atoms with Gasteiger partial charge in [0, 0.05) is 11.3 Å². The summed E-state index contributed by atoms with van der Waals surface area (Å²) in [6.45, 7) is 4.06. The van der Waals surface area contributed by atoms with Crippen molar-refractivity contribution in [2.24, 2.45) is 0 Å².